The van der Waals surface area contributed by atoms with Crippen LogP contribution in [0.1, 0.15) is 16.2 Å². The van der Waals surface area contributed by atoms with Gasteiger partial charge in [-0.1, -0.05) is 5.21 Å². The zero-order valence-corrected chi connectivity index (χ0v) is 15.8. The molecule has 11 heteroatoms. The van der Waals surface area contributed by atoms with E-state index in [2.05, 4.69) is 25.7 Å². The molecule has 0 aliphatic heterocycles. The van der Waals surface area contributed by atoms with Crippen molar-refractivity contribution in [3.63, 3.8) is 0 Å². The fourth-order valence-electron chi connectivity index (χ4n) is 2.20. The molecule has 0 atom stereocenters. The molecule has 2 aromatic rings. The van der Waals surface area contributed by atoms with Crippen molar-refractivity contribution in [3.05, 3.63) is 35.7 Å². The summed E-state index contributed by atoms with van der Waals surface area (Å²) < 4.78 is 35.0. The van der Waals surface area contributed by atoms with Crippen LogP contribution in [0.5, 0.6) is 5.75 Å². The third kappa shape index (κ3) is 6.74. The maximum Gasteiger partial charge on any atom is 0.387 e. The molecule has 0 aliphatic carbocycles. The monoisotopic (exact) mass is 405 g/mol. The second-order valence-electron chi connectivity index (χ2n) is 5.31. The van der Waals surface area contributed by atoms with E-state index in [0.717, 1.165) is 0 Å². The Morgan fingerprint density at radius 3 is 2.56 bits per heavy atom. The lowest BCUT2D eigenvalue weighted by Gasteiger charge is -2.07. The summed E-state index contributed by atoms with van der Waals surface area (Å²) in [6, 6.07) is 5.91. The summed E-state index contributed by atoms with van der Waals surface area (Å²) in [5.41, 5.74) is 1.32. The molecule has 0 saturated heterocycles. The minimum Gasteiger partial charge on any atom is -0.435 e. The lowest BCUT2D eigenvalue weighted by molar-refractivity contribution is -0.0498. The Morgan fingerprint density at radius 2 is 1.93 bits per heavy atom. The highest BCUT2D eigenvalue weighted by molar-refractivity contribution is 5.93. The van der Waals surface area contributed by atoms with Gasteiger partial charge in [0.05, 0.1) is 18.0 Å². The Labute approximate surface area is 161 Å². The van der Waals surface area contributed by atoms with E-state index >= 15 is 0 Å². The van der Waals surface area contributed by atoms with Gasteiger partial charge in [-0.15, -0.1) is 17.5 Å². The molecule has 1 amide bonds. The number of nitrogens with one attached hydrogen (secondary N) is 2. The number of hydrogen-bond acceptors (Lipinski definition) is 6. The molecule has 1 aromatic heterocycles. The van der Waals surface area contributed by atoms with E-state index in [4.69, 9.17) is 4.74 Å². The molecule has 2 rings (SSSR count). The smallest absolute Gasteiger partial charge is 0.387 e. The summed E-state index contributed by atoms with van der Waals surface area (Å²) in [5.74, 6) is -0.291. The summed E-state index contributed by atoms with van der Waals surface area (Å²) in [6.45, 7) is 1.17. The number of halogens is 3. The van der Waals surface area contributed by atoms with E-state index in [0.29, 0.717) is 37.6 Å². The Hall–Kier alpha value is -2.30. The largest absolute Gasteiger partial charge is 0.435 e. The van der Waals surface area contributed by atoms with E-state index in [1.165, 1.54) is 16.8 Å². The number of carbonyl (C=O) groups is 1. The summed E-state index contributed by atoms with van der Waals surface area (Å²) in [4.78, 5) is 12.2. The van der Waals surface area contributed by atoms with Crippen molar-refractivity contribution in [3.8, 4) is 11.4 Å². The van der Waals surface area contributed by atoms with Crippen LogP contribution in [0.4, 0.5) is 8.78 Å². The van der Waals surface area contributed by atoms with Gasteiger partial charge in [0.25, 0.3) is 5.91 Å². The molecule has 1 heterocycles. The Morgan fingerprint density at radius 1 is 1.22 bits per heavy atom. The Balaban J connectivity index is 0.00000364. The normalized spacial score (nSPS) is 10.6. The van der Waals surface area contributed by atoms with Crippen molar-refractivity contribution >= 4 is 18.3 Å². The van der Waals surface area contributed by atoms with Gasteiger partial charge in [-0.05, 0) is 31.2 Å². The van der Waals surface area contributed by atoms with Crippen molar-refractivity contribution in [2.45, 2.75) is 13.5 Å². The van der Waals surface area contributed by atoms with Gasteiger partial charge < -0.3 is 20.1 Å². The zero-order chi connectivity index (χ0) is 18.9. The SMILES string of the molecule is COCCNCCNC(=O)c1nnn(-c2ccc(OC(F)F)cc2)c1C.Cl. The fourth-order valence-corrected chi connectivity index (χ4v) is 2.20. The van der Waals surface area contributed by atoms with Gasteiger partial charge in [0.2, 0.25) is 0 Å². The van der Waals surface area contributed by atoms with Crippen LogP contribution in [-0.2, 0) is 4.74 Å². The van der Waals surface area contributed by atoms with Gasteiger partial charge >= 0.3 is 6.61 Å². The number of hydrogen-bond donors (Lipinski definition) is 2. The van der Waals surface area contributed by atoms with Gasteiger partial charge in [-0.3, -0.25) is 4.79 Å². The molecule has 2 N–H and O–H groups in total. The number of alkyl halides is 2. The van der Waals surface area contributed by atoms with Crippen LogP contribution in [0, 0.1) is 6.92 Å². The van der Waals surface area contributed by atoms with Crippen molar-refractivity contribution in [2.24, 2.45) is 0 Å². The highest BCUT2D eigenvalue weighted by atomic mass is 35.5. The topological polar surface area (TPSA) is 90.3 Å². The zero-order valence-electron chi connectivity index (χ0n) is 14.9. The number of rotatable bonds is 10. The predicted molar refractivity (Wildman–Crippen MR) is 97.1 cm³/mol. The van der Waals surface area contributed by atoms with Crippen molar-refractivity contribution in [1.29, 1.82) is 0 Å². The van der Waals surface area contributed by atoms with Crippen LogP contribution < -0.4 is 15.4 Å². The molecule has 8 nitrogen and oxygen atoms in total. The van der Waals surface area contributed by atoms with Crippen LogP contribution in [0.25, 0.3) is 5.69 Å². The third-order valence-electron chi connectivity index (χ3n) is 3.49. The number of ether oxygens (including phenoxy) is 2. The summed E-state index contributed by atoms with van der Waals surface area (Å²) in [5, 5.41) is 13.7. The molecule has 1 aromatic carbocycles. The van der Waals surface area contributed by atoms with E-state index in [1.807, 2.05) is 0 Å². The maximum absolute atomic E-state index is 12.2. The van der Waals surface area contributed by atoms with Crippen molar-refractivity contribution in [2.75, 3.05) is 33.4 Å². The molecule has 0 radical (unpaired) electrons. The molecular formula is C16H22ClF2N5O3. The van der Waals surface area contributed by atoms with Gasteiger partial charge in [0.15, 0.2) is 5.69 Å². The fraction of sp³-hybridized carbons (Fsp3) is 0.438. The van der Waals surface area contributed by atoms with Crippen LogP contribution in [0.15, 0.2) is 24.3 Å². The predicted octanol–water partition coefficient (Wildman–Crippen LogP) is 1.56. The van der Waals surface area contributed by atoms with Crippen LogP contribution >= 0.6 is 12.4 Å². The van der Waals surface area contributed by atoms with E-state index in [1.54, 1.807) is 26.2 Å². The number of methoxy groups -OCH3 is 1. The average molecular weight is 406 g/mol. The molecule has 150 valence electrons. The van der Waals surface area contributed by atoms with Gasteiger partial charge in [0, 0.05) is 26.7 Å². The van der Waals surface area contributed by atoms with E-state index < -0.39 is 6.61 Å². The highest BCUT2D eigenvalue weighted by Crippen LogP contribution is 2.18. The highest BCUT2D eigenvalue weighted by Gasteiger charge is 2.17. The molecule has 0 unspecified atom stereocenters. The molecule has 0 spiro atoms. The van der Waals surface area contributed by atoms with Crippen molar-refractivity contribution < 1.29 is 23.0 Å². The number of nitrogens with zero attached hydrogens (tertiary/aromatic N) is 3. The second-order valence-corrected chi connectivity index (χ2v) is 5.31. The van der Waals surface area contributed by atoms with Crippen LogP contribution in [0.2, 0.25) is 0 Å². The molecule has 0 bridgehead atoms. The first-order valence-electron chi connectivity index (χ1n) is 7.98. The quantitative estimate of drug-likeness (QED) is 0.583. The Kier molecular flexibility index (Phi) is 9.62. The van der Waals surface area contributed by atoms with Gasteiger partial charge in [-0.25, -0.2) is 4.68 Å². The second kappa shape index (κ2) is 11.4. The first kappa shape index (κ1) is 22.7. The van der Waals surface area contributed by atoms with Crippen LogP contribution in [-0.4, -0.2) is 60.9 Å². The van der Waals surface area contributed by atoms with E-state index in [-0.39, 0.29) is 29.8 Å². The number of aromatic nitrogens is 3. The third-order valence-corrected chi connectivity index (χ3v) is 3.49. The average Bonchev–Trinajstić information content (AvgIpc) is 2.99. The van der Waals surface area contributed by atoms with Gasteiger partial charge in [0.1, 0.15) is 5.75 Å². The van der Waals surface area contributed by atoms with Gasteiger partial charge in [-0.2, -0.15) is 8.78 Å². The lowest BCUT2D eigenvalue weighted by Crippen LogP contribution is -2.33. The van der Waals surface area contributed by atoms with Crippen LogP contribution in [0.3, 0.4) is 0 Å². The first-order valence-corrected chi connectivity index (χ1v) is 7.98. The number of amides is 1. The van der Waals surface area contributed by atoms with E-state index in [9.17, 15) is 13.6 Å². The number of carbonyl (C=O) groups excluding carboxylic acids is 1. The molecule has 27 heavy (non-hydrogen) atoms. The minimum absolute atomic E-state index is 0. The minimum atomic E-state index is -2.88. The maximum atomic E-state index is 12.2. The lowest BCUT2D eigenvalue weighted by atomic mass is 10.2. The summed E-state index contributed by atoms with van der Waals surface area (Å²) in [7, 11) is 1.62. The molecular weight excluding hydrogens is 384 g/mol. The molecule has 0 aliphatic rings. The van der Waals surface area contributed by atoms with Crippen molar-refractivity contribution in [1.82, 2.24) is 25.6 Å². The Bertz CT molecular complexity index is 713. The number of benzene rings is 1. The first-order chi connectivity index (χ1) is 12.5. The summed E-state index contributed by atoms with van der Waals surface area (Å²) >= 11 is 0. The summed E-state index contributed by atoms with van der Waals surface area (Å²) in [6.07, 6.45) is 0. The molecule has 0 fully saturated rings. The molecule has 0 saturated carbocycles. The standard InChI is InChI=1S/C16H21F2N5O3.ClH/c1-11-14(15(24)20-8-7-19-9-10-25-2)21-22-23(11)12-3-5-13(6-4-12)26-16(17)18;/h3-6,16,19H,7-10H2,1-2H3,(H,20,24);1H.